The van der Waals surface area contributed by atoms with Gasteiger partial charge >= 0.3 is 17.9 Å². The van der Waals surface area contributed by atoms with Gasteiger partial charge < -0.3 is 64.4 Å². The zero-order chi connectivity index (χ0) is 36.1. The highest BCUT2D eigenvalue weighted by molar-refractivity contribution is 7.80. The van der Waals surface area contributed by atoms with Crippen molar-refractivity contribution in [2.45, 2.75) is 75.2 Å². The average Bonchev–Trinajstić information content (AvgIpc) is 2.98. The van der Waals surface area contributed by atoms with E-state index < -0.39 is 97.0 Å². The van der Waals surface area contributed by atoms with E-state index in [2.05, 4.69) is 44.5 Å². The van der Waals surface area contributed by atoms with Crippen molar-refractivity contribution in [1.29, 1.82) is 5.41 Å². The number of nitrogens with two attached hydrogens (primary N) is 3. The van der Waals surface area contributed by atoms with Gasteiger partial charge in [0.15, 0.2) is 5.96 Å². The maximum Gasteiger partial charge on any atom is 0.326 e. The molecule has 0 unspecified atom stereocenters. The predicted octanol–water partition coefficient (Wildman–Crippen LogP) is -5.27. The smallest absolute Gasteiger partial charge is 0.326 e. The zero-order valence-electron chi connectivity index (χ0n) is 25.5. The molecule has 0 heterocycles. The first-order chi connectivity index (χ1) is 22.0. The quantitative estimate of drug-likeness (QED) is 0.0194. The first-order valence-electron chi connectivity index (χ1n) is 14.3. The van der Waals surface area contributed by atoms with E-state index in [0.29, 0.717) is 12.8 Å². The molecular weight excluding hydrogens is 648 g/mol. The number of guanidine groups is 1. The summed E-state index contributed by atoms with van der Waals surface area (Å²) in [5.41, 5.74) is 16.2. The fourth-order valence-corrected chi connectivity index (χ4v) is 3.92. The second-order valence-electron chi connectivity index (χ2n) is 10.1. The monoisotopic (exact) mass is 692 g/mol. The normalized spacial score (nSPS) is 13.8. The summed E-state index contributed by atoms with van der Waals surface area (Å²) in [6, 6.07) is -7.34. The standard InChI is InChI=1S/C25H44N10O11S/c26-6-2-1-4-14(24(45)46)34-22(43)15(8-18(37)38)32-17(36)10-31-21(42)13(5-3-7-30-25(28)29)33-23(44)16(9-19(39)40)35-20(41)12(27)11-47/h12-16,47H,1-11,26-27H2,(H,31,42)(H,32,36)(H,33,44)(H,34,43)(H,35,41)(H,37,38)(H,39,40)(H,45,46)(H4,28,29,30)/t12-,13-,14-,15-,16-/m0/s1. The fourth-order valence-electron chi connectivity index (χ4n) is 3.76. The Kier molecular flexibility index (Phi) is 20.5. The van der Waals surface area contributed by atoms with E-state index in [1.54, 1.807) is 0 Å². The number of carboxylic acid groups (broad SMARTS) is 3. The molecule has 0 aliphatic rings. The molecule has 0 aromatic rings. The lowest BCUT2D eigenvalue weighted by Crippen LogP contribution is -2.57. The first kappa shape index (κ1) is 42.3. The second kappa shape index (κ2) is 22.7. The molecule has 0 aliphatic heterocycles. The minimum absolute atomic E-state index is 0.00386. The van der Waals surface area contributed by atoms with Crippen LogP contribution in [0, 0.1) is 5.41 Å². The summed E-state index contributed by atoms with van der Waals surface area (Å²) in [5, 5.41) is 48.4. The Morgan fingerprint density at radius 3 is 1.68 bits per heavy atom. The number of carboxylic acids is 3. The van der Waals surface area contributed by atoms with Gasteiger partial charge in [0.2, 0.25) is 29.5 Å². The molecule has 0 saturated carbocycles. The molecule has 0 bridgehead atoms. The molecule has 0 rings (SSSR count). The van der Waals surface area contributed by atoms with Gasteiger partial charge in [0, 0.05) is 12.3 Å². The molecule has 0 fully saturated rings. The van der Waals surface area contributed by atoms with Gasteiger partial charge in [-0.2, -0.15) is 12.6 Å². The van der Waals surface area contributed by atoms with Crippen molar-refractivity contribution < 1.29 is 53.7 Å². The number of hydrogen-bond acceptors (Lipinski definition) is 12. The average molecular weight is 693 g/mol. The van der Waals surface area contributed by atoms with Crippen LogP contribution in [0.4, 0.5) is 0 Å². The minimum atomic E-state index is -1.72. The van der Waals surface area contributed by atoms with Crippen LogP contribution in [-0.2, 0) is 38.4 Å². The molecule has 47 heavy (non-hydrogen) atoms. The lowest BCUT2D eigenvalue weighted by Gasteiger charge is -2.23. The molecule has 5 amide bonds. The maximum atomic E-state index is 13.0. The van der Waals surface area contributed by atoms with Crippen LogP contribution in [0.5, 0.6) is 0 Å². The van der Waals surface area contributed by atoms with Gasteiger partial charge in [-0.25, -0.2) is 4.79 Å². The molecule has 266 valence electrons. The lowest BCUT2D eigenvalue weighted by atomic mass is 10.1. The summed E-state index contributed by atoms with van der Waals surface area (Å²) < 4.78 is 0. The van der Waals surface area contributed by atoms with Gasteiger partial charge in [0.05, 0.1) is 25.4 Å². The van der Waals surface area contributed by atoms with Crippen LogP contribution in [0.3, 0.4) is 0 Å². The Hall–Kier alpha value is -4.70. The largest absolute Gasteiger partial charge is 0.481 e. The number of aliphatic carboxylic acids is 3. The van der Waals surface area contributed by atoms with Gasteiger partial charge in [-0.3, -0.25) is 39.0 Å². The van der Waals surface area contributed by atoms with Gasteiger partial charge in [0.25, 0.3) is 0 Å². The number of hydrogen-bond donors (Lipinski definition) is 14. The van der Waals surface area contributed by atoms with Crippen molar-refractivity contribution >= 4 is 66.0 Å². The summed E-state index contributed by atoms with van der Waals surface area (Å²) in [6.45, 7) is -0.462. The molecule has 22 heteroatoms. The van der Waals surface area contributed by atoms with E-state index in [-0.39, 0.29) is 44.1 Å². The van der Waals surface area contributed by atoms with Crippen molar-refractivity contribution in [2.24, 2.45) is 17.2 Å². The number of amides is 5. The third-order valence-electron chi connectivity index (χ3n) is 6.18. The Morgan fingerprint density at radius 1 is 0.681 bits per heavy atom. The molecule has 21 nitrogen and oxygen atoms in total. The Balaban J connectivity index is 5.66. The fraction of sp³-hybridized carbons (Fsp3) is 0.640. The third kappa shape index (κ3) is 18.8. The topological polar surface area (TPSA) is 371 Å². The van der Waals surface area contributed by atoms with Gasteiger partial charge in [-0.15, -0.1) is 0 Å². The molecule has 0 saturated heterocycles. The van der Waals surface area contributed by atoms with E-state index in [4.69, 9.17) is 22.6 Å². The van der Waals surface area contributed by atoms with Gasteiger partial charge in [-0.05, 0) is 38.6 Å². The van der Waals surface area contributed by atoms with Crippen LogP contribution in [0.25, 0.3) is 0 Å². The number of thiol groups is 1. The summed E-state index contributed by atoms with van der Waals surface area (Å²) >= 11 is 3.87. The van der Waals surface area contributed by atoms with E-state index in [9.17, 15) is 53.7 Å². The van der Waals surface area contributed by atoms with E-state index >= 15 is 0 Å². The van der Waals surface area contributed by atoms with Crippen LogP contribution in [0.2, 0.25) is 0 Å². The van der Waals surface area contributed by atoms with Crippen LogP contribution in [0.1, 0.15) is 44.9 Å². The van der Waals surface area contributed by atoms with Gasteiger partial charge in [0.1, 0.15) is 24.2 Å². The van der Waals surface area contributed by atoms with Crippen molar-refractivity contribution in [3.8, 4) is 0 Å². The van der Waals surface area contributed by atoms with Crippen LogP contribution in [0.15, 0.2) is 0 Å². The maximum absolute atomic E-state index is 13.0. The van der Waals surface area contributed by atoms with Crippen molar-refractivity contribution in [3.05, 3.63) is 0 Å². The number of carbonyl (C=O) groups is 8. The van der Waals surface area contributed by atoms with Crippen LogP contribution >= 0.6 is 12.6 Å². The molecule has 0 aromatic heterocycles. The SMILES string of the molecule is N=C(N)NCCC[C@H](NC(=O)[C@H](CC(=O)O)NC(=O)[C@@H](N)CS)C(=O)NCC(=O)N[C@@H](CC(=O)O)C(=O)N[C@@H](CCCCN)C(=O)O. The predicted molar refractivity (Wildman–Crippen MR) is 167 cm³/mol. The van der Waals surface area contributed by atoms with Gasteiger partial charge in [-0.1, -0.05) is 0 Å². The Morgan fingerprint density at radius 2 is 1.19 bits per heavy atom. The molecule has 0 spiro atoms. The lowest BCUT2D eigenvalue weighted by molar-refractivity contribution is -0.144. The first-order valence-corrected chi connectivity index (χ1v) is 14.9. The Labute approximate surface area is 274 Å². The highest BCUT2D eigenvalue weighted by atomic mass is 32.1. The zero-order valence-corrected chi connectivity index (χ0v) is 26.3. The number of nitrogens with one attached hydrogen (secondary N) is 7. The molecule has 0 radical (unpaired) electrons. The van der Waals surface area contributed by atoms with E-state index in [1.807, 2.05) is 0 Å². The summed E-state index contributed by atoms with van der Waals surface area (Å²) in [7, 11) is 0. The number of rotatable bonds is 24. The molecular formula is C25H44N10O11S. The third-order valence-corrected chi connectivity index (χ3v) is 6.57. The number of unbranched alkanes of at least 4 members (excludes halogenated alkanes) is 1. The molecule has 5 atom stereocenters. The number of carbonyl (C=O) groups excluding carboxylic acids is 5. The highest BCUT2D eigenvalue weighted by Crippen LogP contribution is 2.04. The second-order valence-corrected chi connectivity index (χ2v) is 10.5. The summed E-state index contributed by atoms with van der Waals surface area (Å²) in [4.78, 5) is 97.6. The van der Waals surface area contributed by atoms with Crippen molar-refractivity contribution in [2.75, 3.05) is 25.4 Å². The van der Waals surface area contributed by atoms with E-state index in [1.165, 1.54) is 0 Å². The summed E-state index contributed by atoms with van der Waals surface area (Å²) in [6.07, 6.45) is -0.975. The highest BCUT2D eigenvalue weighted by Gasteiger charge is 2.31. The van der Waals surface area contributed by atoms with Crippen molar-refractivity contribution in [3.63, 3.8) is 0 Å². The summed E-state index contributed by atoms with van der Waals surface area (Å²) in [5.74, 6) is -9.89. The molecule has 0 aliphatic carbocycles. The van der Waals surface area contributed by atoms with Crippen molar-refractivity contribution in [1.82, 2.24) is 31.9 Å². The molecule has 16 N–H and O–H groups in total. The van der Waals surface area contributed by atoms with E-state index in [0.717, 1.165) is 0 Å². The van der Waals surface area contributed by atoms with Crippen LogP contribution in [-0.4, -0.2) is 124 Å². The van der Waals surface area contributed by atoms with Crippen LogP contribution < -0.4 is 49.1 Å². The minimum Gasteiger partial charge on any atom is -0.481 e. The Bertz CT molecular complexity index is 1140. The molecule has 0 aromatic carbocycles.